The molecule has 0 heterocycles. The van der Waals surface area contributed by atoms with Crippen molar-refractivity contribution in [1.82, 2.24) is 0 Å². The zero-order valence-electron chi connectivity index (χ0n) is 17.9. The Labute approximate surface area is 198 Å². The van der Waals surface area contributed by atoms with Gasteiger partial charge in [-0.25, -0.2) is 13.2 Å². The van der Waals surface area contributed by atoms with Crippen molar-refractivity contribution in [3.63, 3.8) is 0 Å². The number of sulfone groups is 1. The van der Waals surface area contributed by atoms with Crippen molar-refractivity contribution in [3.05, 3.63) is 76.8 Å². The van der Waals surface area contributed by atoms with E-state index in [1.54, 1.807) is 6.92 Å². The lowest BCUT2D eigenvalue weighted by atomic mass is 10.2. The molecule has 0 atom stereocenters. The highest BCUT2D eigenvalue weighted by Crippen LogP contribution is 2.37. The maximum atomic E-state index is 13.2. The van der Waals surface area contributed by atoms with E-state index in [0.717, 1.165) is 24.3 Å². The summed E-state index contributed by atoms with van der Waals surface area (Å²) >= 11 is 5.92. The van der Waals surface area contributed by atoms with Crippen LogP contribution in [-0.2, 0) is 20.8 Å². The molecule has 0 unspecified atom stereocenters. The standard InChI is InChI=1S/C23H18ClF3O6S/c1-3-32-22(28)18-13-16(33-20-10-4-14(12-19(20)24)23(25,26)27)7-11-21(18)34(29,30)17-8-5-15(31-2)6-9-17/h4-13H,3H2,1-2H3. The molecule has 180 valence electrons. The van der Waals surface area contributed by atoms with Crippen molar-refractivity contribution in [2.75, 3.05) is 13.7 Å². The van der Waals surface area contributed by atoms with Crippen molar-refractivity contribution in [2.24, 2.45) is 0 Å². The smallest absolute Gasteiger partial charge is 0.416 e. The number of carbonyl (C=O) groups is 1. The maximum Gasteiger partial charge on any atom is 0.416 e. The molecule has 3 aromatic rings. The molecule has 0 aliphatic rings. The predicted molar refractivity (Wildman–Crippen MR) is 117 cm³/mol. The van der Waals surface area contributed by atoms with E-state index in [1.807, 2.05) is 0 Å². The molecule has 0 saturated carbocycles. The van der Waals surface area contributed by atoms with E-state index in [-0.39, 0.29) is 38.5 Å². The number of hydrogen-bond donors (Lipinski definition) is 0. The Balaban J connectivity index is 2.03. The van der Waals surface area contributed by atoms with E-state index >= 15 is 0 Å². The highest BCUT2D eigenvalue weighted by Gasteiger charge is 2.31. The van der Waals surface area contributed by atoms with E-state index in [1.165, 1.54) is 37.4 Å². The molecule has 0 bridgehead atoms. The molecule has 3 rings (SSSR count). The van der Waals surface area contributed by atoms with E-state index in [4.69, 9.17) is 25.8 Å². The van der Waals surface area contributed by atoms with Crippen LogP contribution >= 0.6 is 11.6 Å². The number of esters is 1. The summed E-state index contributed by atoms with van der Waals surface area (Å²) in [4.78, 5) is 12.1. The molecule has 0 saturated heterocycles. The number of rotatable bonds is 7. The molecular formula is C23H18ClF3O6S. The van der Waals surface area contributed by atoms with Crippen LogP contribution in [-0.4, -0.2) is 28.1 Å². The molecule has 11 heteroatoms. The van der Waals surface area contributed by atoms with Gasteiger partial charge in [-0.15, -0.1) is 0 Å². The Morgan fingerprint density at radius 3 is 2.18 bits per heavy atom. The zero-order chi connectivity index (χ0) is 25.1. The van der Waals surface area contributed by atoms with Gasteiger partial charge < -0.3 is 14.2 Å². The molecule has 0 aliphatic carbocycles. The number of halogens is 4. The van der Waals surface area contributed by atoms with Gasteiger partial charge in [0.25, 0.3) is 0 Å². The lowest BCUT2D eigenvalue weighted by Crippen LogP contribution is -2.13. The van der Waals surface area contributed by atoms with Crippen molar-refractivity contribution in [3.8, 4) is 17.2 Å². The Kier molecular flexibility index (Phi) is 7.42. The lowest BCUT2D eigenvalue weighted by molar-refractivity contribution is -0.137. The van der Waals surface area contributed by atoms with Gasteiger partial charge in [-0.1, -0.05) is 11.6 Å². The number of carbonyl (C=O) groups excluding carboxylic acids is 1. The second-order valence-electron chi connectivity index (χ2n) is 6.80. The molecule has 34 heavy (non-hydrogen) atoms. The largest absolute Gasteiger partial charge is 0.497 e. The van der Waals surface area contributed by atoms with Gasteiger partial charge in [0.05, 0.1) is 39.7 Å². The number of methoxy groups -OCH3 is 1. The fourth-order valence-corrected chi connectivity index (χ4v) is 4.59. The van der Waals surface area contributed by atoms with E-state index in [0.29, 0.717) is 11.8 Å². The molecular weight excluding hydrogens is 497 g/mol. The van der Waals surface area contributed by atoms with Crippen LogP contribution in [0.1, 0.15) is 22.8 Å². The van der Waals surface area contributed by atoms with Crippen LogP contribution in [0.2, 0.25) is 5.02 Å². The summed E-state index contributed by atoms with van der Waals surface area (Å²) in [6.07, 6.45) is -4.59. The second kappa shape index (κ2) is 9.94. The molecule has 0 amide bonds. The minimum atomic E-state index is -4.59. The zero-order valence-corrected chi connectivity index (χ0v) is 19.4. The molecule has 0 aliphatic heterocycles. The fraction of sp³-hybridized carbons (Fsp3) is 0.174. The Bertz CT molecular complexity index is 1310. The van der Waals surface area contributed by atoms with E-state index < -0.39 is 27.5 Å². The van der Waals surface area contributed by atoms with Crippen LogP contribution in [0.4, 0.5) is 13.2 Å². The summed E-state index contributed by atoms with van der Waals surface area (Å²) in [6, 6.07) is 11.6. The fourth-order valence-electron chi connectivity index (χ4n) is 2.94. The summed E-state index contributed by atoms with van der Waals surface area (Å²) in [5.41, 5.74) is -1.27. The number of hydrogen-bond acceptors (Lipinski definition) is 6. The summed E-state index contributed by atoms with van der Waals surface area (Å²) in [5.74, 6) is -0.617. The van der Waals surface area contributed by atoms with Crippen LogP contribution in [0.15, 0.2) is 70.5 Å². The van der Waals surface area contributed by atoms with E-state index in [2.05, 4.69) is 0 Å². The van der Waals surface area contributed by atoms with Crippen LogP contribution < -0.4 is 9.47 Å². The quantitative estimate of drug-likeness (QED) is 0.351. The predicted octanol–water partition coefficient (Wildman–Crippen LogP) is 6.17. The highest BCUT2D eigenvalue weighted by atomic mass is 35.5. The van der Waals surface area contributed by atoms with Gasteiger partial charge in [0.2, 0.25) is 9.84 Å². The first-order valence-corrected chi connectivity index (χ1v) is 11.6. The SMILES string of the molecule is CCOC(=O)c1cc(Oc2ccc(C(F)(F)F)cc2Cl)ccc1S(=O)(=O)c1ccc(OC)cc1. The molecule has 6 nitrogen and oxygen atoms in total. The van der Waals surface area contributed by atoms with Crippen molar-refractivity contribution >= 4 is 27.4 Å². The molecule has 0 spiro atoms. The third-order valence-corrected chi connectivity index (χ3v) is 6.72. The highest BCUT2D eigenvalue weighted by molar-refractivity contribution is 7.91. The van der Waals surface area contributed by atoms with Crippen LogP contribution in [0.3, 0.4) is 0 Å². The van der Waals surface area contributed by atoms with Gasteiger partial charge in [0.15, 0.2) is 0 Å². The summed E-state index contributed by atoms with van der Waals surface area (Å²) in [5, 5.41) is -0.317. The number of ether oxygens (including phenoxy) is 3. The van der Waals surface area contributed by atoms with Crippen molar-refractivity contribution in [2.45, 2.75) is 22.9 Å². The first-order valence-electron chi connectivity index (χ1n) is 9.72. The minimum Gasteiger partial charge on any atom is -0.497 e. The van der Waals surface area contributed by atoms with Gasteiger partial charge in [-0.05, 0) is 67.6 Å². The first kappa shape index (κ1) is 25.4. The van der Waals surface area contributed by atoms with Gasteiger partial charge in [0.1, 0.15) is 17.2 Å². The average Bonchev–Trinajstić information content (AvgIpc) is 2.79. The topological polar surface area (TPSA) is 78.9 Å². The maximum absolute atomic E-state index is 13.2. The summed E-state index contributed by atoms with van der Waals surface area (Å²) < 4.78 is 80.5. The molecule has 3 aromatic carbocycles. The summed E-state index contributed by atoms with van der Waals surface area (Å²) in [7, 11) is -2.71. The minimum absolute atomic E-state index is 0.0172. The Morgan fingerprint density at radius 2 is 1.62 bits per heavy atom. The second-order valence-corrected chi connectivity index (χ2v) is 9.13. The molecule has 0 N–H and O–H groups in total. The number of alkyl halides is 3. The van der Waals surface area contributed by atoms with Gasteiger partial charge >= 0.3 is 12.1 Å². The van der Waals surface area contributed by atoms with Crippen LogP contribution in [0, 0.1) is 0 Å². The van der Waals surface area contributed by atoms with Crippen molar-refractivity contribution < 1.29 is 40.6 Å². The van der Waals surface area contributed by atoms with Gasteiger partial charge in [-0.3, -0.25) is 0 Å². The first-order chi connectivity index (χ1) is 16.0. The number of benzene rings is 3. The third kappa shape index (κ3) is 5.45. The van der Waals surface area contributed by atoms with Gasteiger partial charge in [-0.2, -0.15) is 13.2 Å². The molecule has 0 radical (unpaired) electrons. The molecule has 0 aromatic heterocycles. The van der Waals surface area contributed by atoms with Gasteiger partial charge in [0, 0.05) is 0 Å². The Morgan fingerprint density at radius 1 is 0.971 bits per heavy atom. The van der Waals surface area contributed by atoms with Crippen molar-refractivity contribution in [1.29, 1.82) is 0 Å². The average molecular weight is 515 g/mol. The van der Waals surface area contributed by atoms with Crippen LogP contribution in [0.25, 0.3) is 0 Å². The van der Waals surface area contributed by atoms with E-state index in [9.17, 15) is 26.4 Å². The molecule has 0 fully saturated rings. The van der Waals surface area contributed by atoms with Crippen LogP contribution in [0.5, 0.6) is 17.2 Å². The Hall–Kier alpha value is -3.24. The monoisotopic (exact) mass is 514 g/mol. The normalized spacial score (nSPS) is 11.7. The third-order valence-electron chi connectivity index (χ3n) is 4.59. The summed E-state index contributed by atoms with van der Waals surface area (Å²) in [6.45, 7) is 1.54. The lowest BCUT2D eigenvalue weighted by Gasteiger charge is -2.14.